The van der Waals surface area contributed by atoms with Crippen molar-refractivity contribution < 1.29 is 4.79 Å². The van der Waals surface area contributed by atoms with Gasteiger partial charge in [0.1, 0.15) is 0 Å². The smallest absolute Gasteiger partial charge is 0.255 e. The summed E-state index contributed by atoms with van der Waals surface area (Å²) in [5.41, 5.74) is 2.30. The van der Waals surface area contributed by atoms with Gasteiger partial charge in [0.05, 0.1) is 11.3 Å². The second kappa shape index (κ2) is 4.09. The van der Waals surface area contributed by atoms with Crippen molar-refractivity contribution in [1.82, 2.24) is 15.1 Å². The maximum absolute atomic E-state index is 11.6. The van der Waals surface area contributed by atoms with E-state index in [1.165, 1.54) is 0 Å². The van der Waals surface area contributed by atoms with Crippen LogP contribution in [0.2, 0.25) is 0 Å². The molecule has 14 heavy (non-hydrogen) atoms. The SMILES string of the molecule is C=CCNC(=O)c1c(C)nn(C)c1C. The van der Waals surface area contributed by atoms with E-state index < -0.39 is 0 Å². The molecule has 4 nitrogen and oxygen atoms in total. The Morgan fingerprint density at radius 1 is 1.64 bits per heavy atom. The first-order valence-electron chi connectivity index (χ1n) is 4.47. The molecule has 0 radical (unpaired) electrons. The Labute approximate surface area is 83.6 Å². The third-order valence-corrected chi connectivity index (χ3v) is 2.14. The maximum atomic E-state index is 11.6. The van der Waals surface area contributed by atoms with Crippen LogP contribution in [0.15, 0.2) is 12.7 Å². The number of nitrogens with zero attached hydrogens (tertiary/aromatic N) is 2. The van der Waals surface area contributed by atoms with Gasteiger partial charge in [0.15, 0.2) is 0 Å². The Kier molecular flexibility index (Phi) is 3.06. The average molecular weight is 193 g/mol. The Hall–Kier alpha value is -1.58. The summed E-state index contributed by atoms with van der Waals surface area (Å²) >= 11 is 0. The molecule has 76 valence electrons. The van der Waals surface area contributed by atoms with Crippen molar-refractivity contribution in [3.05, 3.63) is 29.6 Å². The van der Waals surface area contributed by atoms with E-state index in [1.54, 1.807) is 10.8 Å². The highest BCUT2D eigenvalue weighted by molar-refractivity contribution is 5.96. The first-order valence-corrected chi connectivity index (χ1v) is 4.47. The van der Waals surface area contributed by atoms with Gasteiger partial charge in [0.25, 0.3) is 5.91 Å². The molecule has 0 aliphatic heterocycles. The van der Waals surface area contributed by atoms with E-state index >= 15 is 0 Å². The van der Waals surface area contributed by atoms with E-state index in [1.807, 2.05) is 20.9 Å². The molecule has 0 aliphatic carbocycles. The summed E-state index contributed by atoms with van der Waals surface area (Å²) in [5, 5.41) is 6.90. The molecule has 1 aromatic heterocycles. The van der Waals surface area contributed by atoms with Gasteiger partial charge in [-0.2, -0.15) is 5.10 Å². The number of rotatable bonds is 3. The van der Waals surface area contributed by atoms with E-state index in [2.05, 4.69) is 17.0 Å². The molecule has 0 fully saturated rings. The summed E-state index contributed by atoms with van der Waals surface area (Å²) in [6.45, 7) is 7.73. The van der Waals surface area contributed by atoms with Crippen molar-refractivity contribution in [1.29, 1.82) is 0 Å². The molecular weight excluding hydrogens is 178 g/mol. The second-order valence-corrected chi connectivity index (χ2v) is 3.17. The predicted molar refractivity (Wildman–Crippen MR) is 55.2 cm³/mol. The number of amides is 1. The minimum absolute atomic E-state index is 0.0898. The van der Waals surface area contributed by atoms with Crippen molar-refractivity contribution in [2.24, 2.45) is 7.05 Å². The quantitative estimate of drug-likeness (QED) is 0.726. The average Bonchev–Trinajstić information content (AvgIpc) is 2.38. The lowest BCUT2D eigenvalue weighted by atomic mass is 10.2. The minimum atomic E-state index is -0.0898. The van der Waals surface area contributed by atoms with Gasteiger partial charge in [0.2, 0.25) is 0 Å². The highest BCUT2D eigenvalue weighted by atomic mass is 16.1. The van der Waals surface area contributed by atoms with Crippen molar-refractivity contribution in [2.45, 2.75) is 13.8 Å². The van der Waals surface area contributed by atoms with Gasteiger partial charge in [-0.1, -0.05) is 6.08 Å². The van der Waals surface area contributed by atoms with Gasteiger partial charge >= 0.3 is 0 Å². The number of hydrogen-bond donors (Lipinski definition) is 1. The summed E-state index contributed by atoms with van der Waals surface area (Å²) in [6, 6.07) is 0. The van der Waals surface area contributed by atoms with Gasteiger partial charge in [0, 0.05) is 19.3 Å². The first-order chi connectivity index (χ1) is 6.57. The molecule has 1 heterocycles. The number of hydrogen-bond acceptors (Lipinski definition) is 2. The molecule has 0 spiro atoms. The molecule has 1 N–H and O–H groups in total. The van der Waals surface area contributed by atoms with Crippen molar-refractivity contribution >= 4 is 5.91 Å². The number of nitrogens with one attached hydrogen (secondary N) is 1. The van der Waals surface area contributed by atoms with Crippen LogP contribution in [0.25, 0.3) is 0 Å². The first kappa shape index (κ1) is 10.5. The summed E-state index contributed by atoms with van der Waals surface area (Å²) in [4.78, 5) is 11.6. The molecular formula is C10H15N3O. The standard InChI is InChI=1S/C10H15N3O/c1-5-6-11-10(14)9-7(2)12-13(4)8(9)3/h5H,1,6H2,2-4H3,(H,11,14). The Morgan fingerprint density at radius 3 is 2.71 bits per heavy atom. The summed E-state index contributed by atoms with van der Waals surface area (Å²) in [6.07, 6.45) is 1.65. The molecule has 1 amide bonds. The Bertz CT molecular complexity index is 366. The fourth-order valence-electron chi connectivity index (χ4n) is 1.36. The summed E-state index contributed by atoms with van der Waals surface area (Å²) in [7, 11) is 1.83. The molecule has 1 rings (SSSR count). The zero-order valence-electron chi connectivity index (χ0n) is 8.79. The van der Waals surface area contributed by atoms with E-state index in [4.69, 9.17) is 0 Å². The largest absolute Gasteiger partial charge is 0.348 e. The normalized spacial score (nSPS) is 9.93. The highest BCUT2D eigenvalue weighted by Crippen LogP contribution is 2.10. The number of aromatic nitrogens is 2. The number of carbonyl (C=O) groups is 1. The maximum Gasteiger partial charge on any atom is 0.255 e. The molecule has 0 saturated carbocycles. The fraction of sp³-hybridized carbons (Fsp3) is 0.400. The van der Waals surface area contributed by atoms with E-state index in [9.17, 15) is 4.79 Å². The Morgan fingerprint density at radius 2 is 2.29 bits per heavy atom. The van der Waals surface area contributed by atoms with Crippen LogP contribution >= 0.6 is 0 Å². The fourth-order valence-corrected chi connectivity index (χ4v) is 1.36. The van der Waals surface area contributed by atoms with Crippen LogP contribution in [0.4, 0.5) is 0 Å². The summed E-state index contributed by atoms with van der Waals surface area (Å²) in [5.74, 6) is -0.0898. The molecule has 1 aromatic rings. The molecule has 0 atom stereocenters. The lowest BCUT2D eigenvalue weighted by Gasteiger charge is -2.02. The van der Waals surface area contributed by atoms with Gasteiger partial charge in [-0.3, -0.25) is 9.48 Å². The van der Waals surface area contributed by atoms with Crippen LogP contribution in [-0.4, -0.2) is 22.2 Å². The monoisotopic (exact) mass is 193 g/mol. The Balaban J connectivity index is 2.94. The van der Waals surface area contributed by atoms with Crippen molar-refractivity contribution in [2.75, 3.05) is 6.54 Å². The molecule has 0 saturated heterocycles. The van der Waals surface area contributed by atoms with Crippen LogP contribution in [0, 0.1) is 13.8 Å². The van der Waals surface area contributed by atoms with Crippen LogP contribution in [-0.2, 0) is 7.05 Å². The van der Waals surface area contributed by atoms with Crippen LogP contribution in [0.3, 0.4) is 0 Å². The van der Waals surface area contributed by atoms with Crippen LogP contribution in [0.1, 0.15) is 21.7 Å². The van der Waals surface area contributed by atoms with E-state index in [0.717, 1.165) is 11.4 Å². The third kappa shape index (κ3) is 1.84. The predicted octanol–water partition coefficient (Wildman–Crippen LogP) is 0.953. The van der Waals surface area contributed by atoms with Crippen molar-refractivity contribution in [3.63, 3.8) is 0 Å². The topological polar surface area (TPSA) is 46.9 Å². The lowest BCUT2D eigenvalue weighted by molar-refractivity contribution is 0.0956. The second-order valence-electron chi connectivity index (χ2n) is 3.17. The lowest BCUT2D eigenvalue weighted by Crippen LogP contribution is -2.24. The van der Waals surface area contributed by atoms with Crippen LogP contribution in [0.5, 0.6) is 0 Å². The van der Waals surface area contributed by atoms with E-state index in [0.29, 0.717) is 12.1 Å². The van der Waals surface area contributed by atoms with Gasteiger partial charge in [-0.15, -0.1) is 6.58 Å². The highest BCUT2D eigenvalue weighted by Gasteiger charge is 2.15. The van der Waals surface area contributed by atoms with Gasteiger partial charge in [-0.25, -0.2) is 0 Å². The molecule has 0 aromatic carbocycles. The summed E-state index contributed by atoms with van der Waals surface area (Å²) < 4.78 is 1.71. The zero-order valence-corrected chi connectivity index (χ0v) is 8.79. The van der Waals surface area contributed by atoms with Crippen LogP contribution < -0.4 is 5.32 Å². The molecule has 0 bridgehead atoms. The number of carbonyl (C=O) groups excluding carboxylic acids is 1. The van der Waals surface area contributed by atoms with Crippen molar-refractivity contribution in [3.8, 4) is 0 Å². The van der Waals surface area contributed by atoms with Gasteiger partial charge < -0.3 is 5.32 Å². The molecule has 0 unspecified atom stereocenters. The number of aryl methyl sites for hydroxylation is 2. The van der Waals surface area contributed by atoms with E-state index in [-0.39, 0.29) is 5.91 Å². The zero-order chi connectivity index (χ0) is 10.7. The molecule has 0 aliphatic rings. The third-order valence-electron chi connectivity index (χ3n) is 2.14. The molecule has 4 heteroatoms. The minimum Gasteiger partial charge on any atom is -0.348 e. The van der Waals surface area contributed by atoms with Gasteiger partial charge in [-0.05, 0) is 13.8 Å².